The number of aryl methyl sites for hydroxylation is 2. The Morgan fingerprint density at radius 2 is 2.32 bits per heavy atom. The smallest absolute Gasteiger partial charge is 0.310 e. The van der Waals surface area contributed by atoms with Gasteiger partial charge in [0.1, 0.15) is 0 Å². The van der Waals surface area contributed by atoms with Gasteiger partial charge in [-0.1, -0.05) is 18.5 Å². The van der Waals surface area contributed by atoms with Crippen LogP contribution in [-0.2, 0) is 29.5 Å². The molecule has 1 aromatic heterocycles. The lowest BCUT2D eigenvalue weighted by atomic mass is 10.1. The predicted octanol–water partition coefficient (Wildman–Crippen LogP) is 1.63. The van der Waals surface area contributed by atoms with E-state index in [1.165, 1.54) is 7.11 Å². The summed E-state index contributed by atoms with van der Waals surface area (Å²) < 4.78 is 6.63. The Kier molecular flexibility index (Phi) is 4.47. The second-order valence-electron chi connectivity index (χ2n) is 4.93. The van der Waals surface area contributed by atoms with Crippen molar-refractivity contribution >= 4 is 17.6 Å². The van der Waals surface area contributed by atoms with Crippen LogP contribution in [0.15, 0.2) is 0 Å². The molecule has 1 unspecified atom stereocenters. The van der Waals surface area contributed by atoms with E-state index in [2.05, 4.69) is 10.00 Å². The fourth-order valence-electron chi connectivity index (χ4n) is 2.54. The van der Waals surface area contributed by atoms with E-state index >= 15 is 0 Å². The minimum atomic E-state index is -0.118. The van der Waals surface area contributed by atoms with E-state index in [0.29, 0.717) is 0 Å². The zero-order chi connectivity index (χ0) is 14.0. The number of carbonyl (C=O) groups excluding carboxylic acids is 1. The van der Waals surface area contributed by atoms with Crippen LogP contribution >= 0.6 is 11.6 Å². The molecule has 6 heteroatoms. The van der Waals surface area contributed by atoms with E-state index in [1.54, 1.807) is 0 Å². The van der Waals surface area contributed by atoms with Gasteiger partial charge in [0.15, 0.2) is 0 Å². The van der Waals surface area contributed by atoms with Gasteiger partial charge < -0.3 is 4.74 Å². The van der Waals surface area contributed by atoms with Crippen molar-refractivity contribution in [2.75, 3.05) is 20.2 Å². The summed E-state index contributed by atoms with van der Waals surface area (Å²) in [5.41, 5.74) is 1.95. The number of nitrogens with zero attached hydrogens (tertiary/aromatic N) is 3. The van der Waals surface area contributed by atoms with E-state index < -0.39 is 0 Å². The average Bonchev–Trinajstić information content (AvgIpc) is 2.98. The summed E-state index contributed by atoms with van der Waals surface area (Å²) in [5.74, 6) is -0.129. The zero-order valence-electron chi connectivity index (χ0n) is 11.6. The van der Waals surface area contributed by atoms with Crippen molar-refractivity contribution in [1.82, 2.24) is 14.7 Å². The third-order valence-electron chi connectivity index (χ3n) is 3.68. The van der Waals surface area contributed by atoms with E-state index in [4.69, 9.17) is 16.3 Å². The monoisotopic (exact) mass is 285 g/mol. The van der Waals surface area contributed by atoms with Crippen LogP contribution in [-0.4, -0.2) is 40.8 Å². The Bertz CT molecular complexity index is 473. The molecule has 0 aromatic carbocycles. The van der Waals surface area contributed by atoms with Gasteiger partial charge in [-0.25, -0.2) is 0 Å². The van der Waals surface area contributed by atoms with Gasteiger partial charge in [0.05, 0.1) is 29.4 Å². The van der Waals surface area contributed by atoms with Crippen LogP contribution in [0.25, 0.3) is 0 Å². The molecule has 1 saturated heterocycles. The van der Waals surface area contributed by atoms with Crippen LogP contribution in [0.2, 0.25) is 5.02 Å². The maximum Gasteiger partial charge on any atom is 0.310 e. The minimum Gasteiger partial charge on any atom is -0.469 e. The summed E-state index contributed by atoms with van der Waals surface area (Å²) in [6.45, 7) is 4.40. The summed E-state index contributed by atoms with van der Waals surface area (Å²) in [6, 6.07) is 0. The van der Waals surface area contributed by atoms with Gasteiger partial charge in [-0.3, -0.25) is 14.4 Å². The maximum absolute atomic E-state index is 11.5. The number of halogens is 1. The average molecular weight is 286 g/mol. The first kappa shape index (κ1) is 14.3. The van der Waals surface area contributed by atoms with E-state index in [0.717, 1.165) is 48.9 Å². The van der Waals surface area contributed by atoms with E-state index in [1.807, 2.05) is 18.7 Å². The number of likely N-dealkylation sites (tertiary alicyclic amines) is 1. The highest BCUT2D eigenvalue weighted by atomic mass is 35.5. The summed E-state index contributed by atoms with van der Waals surface area (Å²) >= 11 is 6.33. The van der Waals surface area contributed by atoms with Crippen LogP contribution in [0.4, 0.5) is 0 Å². The first-order valence-corrected chi connectivity index (χ1v) is 6.95. The molecule has 19 heavy (non-hydrogen) atoms. The lowest BCUT2D eigenvalue weighted by molar-refractivity contribution is -0.144. The Labute approximate surface area is 118 Å². The second kappa shape index (κ2) is 5.92. The highest BCUT2D eigenvalue weighted by Gasteiger charge is 2.30. The van der Waals surface area contributed by atoms with Gasteiger partial charge in [0.25, 0.3) is 0 Å². The maximum atomic E-state index is 11.5. The van der Waals surface area contributed by atoms with Crippen molar-refractivity contribution in [1.29, 1.82) is 0 Å². The predicted molar refractivity (Wildman–Crippen MR) is 73.0 cm³/mol. The number of hydrogen-bond donors (Lipinski definition) is 0. The molecule has 0 aliphatic carbocycles. The molecule has 1 aliphatic heterocycles. The summed E-state index contributed by atoms with van der Waals surface area (Å²) in [6.07, 6.45) is 1.68. The molecule has 2 heterocycles. The second-order valence-corrected chi connectivity index (χ2v) is 5.31. The molecular weight excluding hydrogens is 266 g/mol. The summed E-state index contributed by atoms with van der Waals surface area (Å²) in [7, 11) is 3.35. The summed E-state index contributed by atoms with van der Waals surface area (Å²) in [4.78, 5) is 13.7. The number of methoxy groups -OCH3 is 1. The molecule has 0 N–H and O–H groups in total. The fourth-order valence-corrected chi connectivity index (χ4v) is 2.89. The topological polar surface area (TPSA) is 47.4 Å². The van der Waals surface area contributed by atoms with Crippen LogP contribution < -0.4 is 0 Å². The van der Waals surface area contributed by atoms with Gasteiger partial charge in [-0.15, -0.1) is 0 Å². The lowest BCUT2D eigenvalue weighted by Gasteiger charge is -2.15. The first-order valence-electron chi connectivity index (χ1n) is 6.57. The third-order valence-corrected chi connectivity index (χ3v) is 4.12. The van der Waals surface area contributed by atoms with Crippen LogP contribution in [0.1, 0.15) is 24.7 Å². The largest absolute Gasteiger partial charge is 0.469 e. The Hall–Kier alpha value is -1.07. The molecule has 106 valence electrons. The van der Waals surface area contributed by atoms with Crippen molar-refractivity contribution in [3.05, 3.63) is 16.4 Å². The number of rotatable bonds is 4. The molecule has 1 atom stereocenters. The minimum absolute atomic E-state index is 0.0114. The zero-order valence-corrected chi connectivity index (χ0v) is 12.4. The van der Waals surface area contributed by atoms with Crippen LogP contribution in [0.3, 0.4) is 0 Å². The van der Waals surface area contributed by atoms with Crippen LogP contribution in [0.5, 0.6) is 0 Å². The number of carbonyl (C=O) groups is 1. The van der Waals surface area contributed by atoms with Crippen molar-refractivity contribution in [2.24, 2.45) is 13.0 Å². The van der Waals surface area contributed by atoms with Gasteiger partial charge in [-0.05, 0) is 19.4 Å². The van der Waals surface area contributed by atoms with Crippen molar-refractivity contribution in [2.45, 2.75) is 26.3 Å². The van der Waals surface area contributed by atoms with Gasteiger partial charge in [0, 0.05) is 20.1 Å². The van der Waals surface area contributed by atoms with E-state index in [9.17, 15) is 4.79 Å². The molecule has 1 fully saturated rings. The fraction of sp³-hybridized carbons (Fsp3) is 0.692. The number of hydrogen-bond acceptors (Lipinski definition) is 4. The normalized spacial score (nSPS) is 19.9. The number of aromatic nitrogens is 2. The Morgan fingerprint density at radius 1 is 1.58 bits per heavy atom. The molecular formula is C13H20ClN3O2. The highest BCUT2D eigenvalue weighted by Crippen LogP contribution is 2.25. The van der Waals surface area contributed by atoms with Crippen molar-refractivity contribution < 1.29 is 9.53 Å². The van der Waals surface area contributed by atoms with Crippen LogP contribution in [0, 0.1) is 5.92 Å². The molecule has 0 bridgehead atoms. The van der Waals surface area contributed by atoms with Gasteiger partial charge in [0.2, 0.25) is 0 Å². The first-order chi connectivity index (χ1) is 9.06. The quantitative estimate of drug-likeness (QED) is 0.789. The lowest BCUT2D eigenvalue weighted by Crippen LogP contribution is -2.24. The Morgan fingerprint density at radius 3 is 2.89 bits per heavy atom. The molecule has 0 radical (unpaired) electrons. The van der Waals surface area contributed by atoms with Crippen molar-refractivity contribution in [3.8, 4) is 0 Å². The molecule has 0 spiro atoms. The molecule has 1 aliphatic rings. The van der Waals surface area contributed by atoms with Gasteiger partial charge in [-0.2, -0.15) is 5.10 Å². The SMILES string of the molecule is CCc1nn(C)c(CN2CCC(C(=O)OC)C2)c1Cl. The Balaban J connectivity index is 2.03. The molecule has 1 aromatic rings. The number of esters is 1. The molecule has 0 saturated carbocycles. The molecule has 2 rings (SSSR count). The third kappa shape index (κ3) is 2.92. The standard InChI is InChI=1S/C13H20ClN3O2/c1-4-10-12(14)11(16(2)15-10)8-17-6-5-9(7-17)13(18)19-3/h9H,4-8H2,1-3H3. The molecule has 5 nitrogen and oxygen atoms in total. The van der Waals surface area contributed by atoms with Gasteiger partial charge >= 0.3 is 5.97 Å². The molecule has 0 amide bonds. The van der Waals surface area contributed by atoms with Crippen molar-refractivity contribution in [3.63, 3.8) is 0 Å². The van der Waals surface area contributed by atoms with E-state index in [-0.39, 0.29) is 11.9 Å². The number of ether oxygens (including phenoxy) is 1. The highest BCUT2D eigenvalue weighted by molar-refractivity contribution is 6.31. The summed E-state index contributed by atoms with van der Waals surface area (Å²) in [5, 5.41) is 5.16.